The first kappa shape index (κ1) is 20.8. The molecule has 4 aromatic rings. The zero-order chi connectivity index (χ0) is 21.8. The van der Waals surface area contributed by atoms with Crippen LogP contribution in [0.25, 0.3) is 11.1 Å². The molecular weight excluding hydrogens is 410 g/mol. The summed E-state index contributed by atoms with van der Waals surface area (Å²) in [4.78, 5) is 4.61. The Morgan fingerprint density at radius 1 is 0.968 bits per heavy atom. The minimum Gasteiger partial charge on any atom is -0.497 e. The van der Waals surface area contributed by atoms with Crippen molar-refractivity contribution in [3.8, 4) is 16.9 Å². The summed E-state index contributed by atoms with van der Waals surface area (Å²) in [5, 5.41) is 0. The molecule has 158 valence electrons. The first-order valence-corrected chi connectivity index (χ1v) is 11.3. The Morgan fingerprint density at radius 2 is 1.71 bits per heavy atom. The Kier molecular flexibility index (Phi) is 5.88. The van der Waals surface area contributed by atoms with Crippen molar-refractivity contribution in [1.82, 2.24) is 14.3 Å². The molecule has 0 aliphatic rings. The SMILES string of the molecule is COc1cccc(C(NS(=O)(=O)c2ccccc2-c2ccccc2)c2nccn2C)c1. The molecule has 1 heterocycles. The number of sulfonamides is 1. The number of rotatable bonds is 7. The van der Waals surface area contributed by atoms with Crippen LogP contribution in [-0.2, 0) is 17.1 Å². The molecular formula is C24H23N3O3S. The summed E-state index contributed by atoms with van der Waals surface area (Å²) in [5.74, 6) is 1.22. The van der Waals surface area contributed by atoms with E-state index in [1.54, 1.807) is 36.2 Å². The first-order valence-electron chi connectivity index (χ1n) is 9.77. The molecule has 31 heavy (non-hydrogen) atoms. The van der Waals surface area contributed by atoms with E-state index in [9.17, 15) is 8.42 Å². The van der Waals surface area contributed by atoms with Gasteiger partial charge in [0.15, 0.2) is 0 Å². The van der Waals surface area contributed by atoms with Crippen molar-refractivity contribution < 1.29 is 13.2 Å². The zero-order valence-corrected chi connectivity index (χ0v) is 18.1. The normalized spacial score (nSPS) is 12.5. The molecule has 0 fully saturated rings. The maximum absolute atomic E-state index is 13.6. The number of hydrogen-bond donors (Lipinski definition) is 1. The number of ether oxygens (including phenoxy) is 1. The van der Waals surface area contributed by atoms with Gasteiger partial charge in [-0.25, -0.2) is 13.4 Å². The van der Waals surface area contributed by atoms with Gasteiger partial charge in [0.05, 0.1) is 12.0 Å². The largest absolute Gasteiger partial charge is 0.497 e. The van der Waals surface area contributed by atoms with Crippen LogP contribution in [0.2, 0.25) is 0 Å². The highest BCUT2D eigenvalue weighted by molar-refractivity contribution is 7.89. The number of aryl methyl sites for hydroxylation is 1. The summed E-state index contributed by atoms with van der Waals surface area (Å²) in [6.45, 7) is 0. The molecule has 0 aliphatic heterocycles. The summed E-state index contributed by atoms with van der Waals surface area (Å²) in [6.07, 6.45) is 3.43. The second-order valence-corrected chi connectivity index (χ2v) is 8.77. The van der Waals surface area contributed by atoms with Gasteiger partial charge in [0, 0.05) is 25.0 Å². The molecule has 6 nitrogen and oxygen atoms in total. The van der Waals surface area contributed by atoms with Crippen molar-refractivity contribution in [1.29, 1.82) is 0 Å². The van der Waals surface area contributed by atoms with E-state index in [0.29, 0.717) is 17.1 Å². The topological polar surface area (TPSA) is 73.2 Å². The molecule has 1 aromatic heterocycles. The van der Waals surface area contributed by atoms with E-state index < -0.39 is 16.1 Å². The van der Waals surface area contributed by atoms with Crippen LogP contribution >= 0.6 is 0 Å². The minimum atomic E-state index is -3.89. The first-order chi connectivity index (χ1) is 15.0. The Morgan fingerprint density at radius 3 is 2.42 bits per heavy atom. The molecule has 7 heteroatoms. The minimum absolute atomic E-state index is 0.211. The van der Waals surface area contributed by atoms with Crippen LogP contribution < -0.4 is 9.46 Å². The van der Waals surface area contributed by atoms with E-state index in [1.165, 1.54) is 0 Å². The highest BCUT2D eigenvalue weighted by atomic mass is 32.2. The van der Waals surface area contributed by atoms with E-state index in [1.807, 2.05) is 73.8 Å². The van der Waals surface area contributed by atoms with Gasteiger partial charge in [-0.2, -0.15) is 4.72 Å². The number of benzene rings is 3. The predicted molar refractivity (Wildman–Crippen MR) is 120 cm³/mol. The summed E-state index contributed by atoms with van der Waals surface area (Å²) in [7, 11) is -0.479. The number of hydrogen-bond acceptors (Lipinski definition) is 4. The molecule has 0 aliphatic carbocycles. The fourth-order valence-corrected chi connectivity index (χ4v) is 4.93. The summed E-state index contributed by atoms with van der Waals surface area (Å²) < 4.78 is 37.2. The quantitative estimate of drug-likeness (QED) is 0.475. The lowest BCUT2D eigenvalue weighted by Crippen LogP contribution is -2.31. The van der Waals surface area contributed by atoms with E-state index in [-0.39, 0.29) is 4.90 Å². The van der Waals surface area contributed by atoms with Crippen LogP contribution in [0.3, 0.4) is 0 Å². The maximum atomic E-state index is 13.6. The van der Waals surface area contributed by atoms with E-state index in [2.05, 4.69) is 9.71 Å². The van der Waals surface area contributed by atoms with Crippen LogP contribution in [0, 0.1) is 0 Å². The van der Waals surface area contributed by atoms with Gasteiger partial charge >= 0.3 is 0 Å². The number of imidazole rings is 1. The maximum Gasteiger partial charge on any atom is 0.242 e. The molecule has 1 unspecified atom stereocenters. The lowest BCUT2D eigenvalue weighted by atomic mass is 10.1. The van der Waals surface area contributed by atoms with E-state index in [4.69, 9.17) is 4.74 Å². The molecule has 0 spiro atoms. The highest BCUT2D eigenvalue weighted by Gasteiger charge is 2.27. The Bertz CT molecular complexity index is 1280. The second kappa shape index (κ2) is 8.75. The van der Waals surface area contributed by atoms with Gasteiger partial charge in [-0.05, 0) is 29.3 Å². The summed E-state index contributed by atoms with van der Waals surface area (Å²) >= 11 is 0. The Hall–Kier alpha value is -3.42. The Balaban J connectivity index is 1.80. The summed E-state index contributed by atoms with van der Waals surface area (Å²) in [5.41, 5.74) is 2.20. The van der Waals surface area contributed by atoms with Crippen LogP contribution in [0.4, 0.5) is 0 Å². The van der Waals surface area contributed by atoms with E-state index >= 15 is 0 Å². The third kappa shape index (κ3) is 4.38. The molecule has 0 saturated carbocycles. The number of nitrogens with one attached hydrogen (secondary N) is 1. The van der Waals surface area contributed by atoms with Gasteiger partial charge < -0.3 is 9.30 Å². The molecule has 0 saturated heterocycles. The van der Waals surface area contributed by atoms with E-state index in [0.717, 1.165) is 11.1 Å². The van der Waals surface area contributed by atoms with Crippen molar-refractivity contribution in [2.75, 3.05) is 7.11 Å². The average molecular weight is 434 g/mol. The average Bonchev–Trinajstić information content (AvgIpc) is 3.23. The van der Waals surface area contributed by atoms with Gasteiger partial charge in [0.25, 0.3) is 0 Å². The van der Waals surface area contributed by atoms with Crippen LogP contribution in [0.5, 0.6) is 5.75 Å². The zero-order valence-electron chi connectivity index (χ0n) is 17.3. The summed E-state index contributed by atoms with van der Waals surface area (Å²) in [6, 6.07) is 23.1. The van der Waals surface area contributed by atoms with Crippen LogP contribution in [0.15, 0.2) is 96.2 Å². The molecule has 1 N–H and O–H groups in total. The molecule has 1 atom stereocenters. The van der Waals surface area contributed by atoms with Crippen molar-refractivity contribution >= 4 is 10.0 Å². The molecule has 0 bridgehead atoms. The van der Waals surface area contributed by atoms with Crippen molar-refractivity contribution in [2.24, 2.45) is 7.05 Å². The third-order valence-electron chi connectivity index (χ3n) is 5.08. The molecule has 0 amide bonds. The van der Waals surface area contributed by atoms with Crippen molar-refractivity contribution in [2.45, 2.75) is 10.9 Å². The number of methoxy groups -OCH3 is 1. The number of aromatic nitrogens is 2. The Labute approximate surface area is 182 Å². The highest BCUT2D eigenvalue weighted by Crippen LogP contribution is 2.30. The van der Waals surface area contributed by atoms with Crippen LogP contribution in [-0.4, -0.2) is 25.1 Å². The van der Waals surface area contributed by atoms with Gasteiger partial charge in [-0.3, -0.25) is 0 Å². The number of nitrogens with zero attached hydrogens (tertiary/aromatic N) is 2. The van der Waals surface area contributed by atoms with Gasteiger partial charge in [0.1, 0.15) is 17.6 Å². The lowest BCUT2D eigenvalue weighted by Gasteiger charge is -2.21. The molecule has 3 aromatic carbocycles. The van der Waals surface area contributed by atoms with Crippen molar-refractivity contribution in [3.63, 3.8) is 0 Å². The third-order valence-corrected chi connectivity index (χ3v) is 6.56. The predicted octanol–water partition coefficient (Wildman–Crippen LogP) is 4.16. The monoisotopic (exact) mass is 433 g/mol. The van der Waals surface area contributed by atoms with Crippen molar-refractivity contribution in [3.05, 3.63) is 103 Å². The van der Waals surface area contributed by atoms with Gasteiger partial charge in [0.2, 0.25) is 10.0 Å². The van der Waals surface area contributed by atoms with Crippen LogP contribution in [0.1, 0.15) is 17.4 Å². The standard InChI is InChI=1S/C24H23N3O3S/c1-27-16-15-25-24(27)23(19-11-8-12-20(17-19)30-2)26-31(28,29)22-14-7-6-13-21(22)18-9-4-3-5-10-18/h3-17,23,26H,1-2H3. The second-order valence-electron chi connectivity index (χ2n) is 7.09. The molecule has 4 rings (SSSR count). The lowest BCUT2D eigenvalue weighted by molar-refractivity contribution is 0.413. The fraction of sp³-hybridized carbons (Fsp3) is 0.125. The smallest absolute Gasteiger partial charge is 0.242 e. The fourth-order valence-electron chi connectivity index (χ4n) is 3.52. The van der Waals surface area contributed by atoms with Gasteiger partial charge in [-0.1, -0.05) is 60.7 Å². The molecule has 0 radical (unpaired) electrons. The van der Waals surface area contributed by atoms with Gasteiger partial charge in [-0.15, -0.1) is 0 Å².